The predicted molar refractivity (Wildman–Crippen MR) is 74.0 cm³/mol. The molecule has 1 saturated heterocycles. The van der Waals surface area contributed by atoms with Crippen molar-refractivity contribution in [2.45, 2.75) is 19.4 Å². The van der Waals surface area contributed by atoms with Gasteiger partial charge in [0.1, 0.15) is 0 Å². The molecule has 0 spiro atoms. The molecule has 0 aliphatic carbocycles. The maximum Gasteiger partial charge on any atom is 0.0759 e. The van der Waals surface area contributed by atoms with Crippen LogP contribution in [0.5, 0.6) is 0 Å². The quantitative estimate of drug-likeness (QED) is 0.855. The molecule has 17 heavy (non-hydrogen) atoms. The van der Waals surface area contributed by atoms with Gasteiger partial charge in [-0.2, -0.15) is 0 Å². The lowest BCUT2D eigenvalue weighted by atomic mass is 9.96. The lowest BCUT2D eigenvalue weighted by molar-refractivity contribution is 0.202. The minimum Gasteiger partial charge on any atom is -0.393 e. The van der Waals surface area contributed by atoms with Gasteiger partial charge in [0.05, 0.1) is 10.0 Å². The highest BCUT2D eigenvalue weighted by molar-refractivity contribution is 7.80. The molecule has 5 heteroatoms. The van der Waals surface area contributed by atoms with Crippen LogP contribution >= 0.6 is 23.8 Å². The van der Waals surface area contributed by atoms with Gasteiger partial charge in [0.25, 0.3) is 0 Å². The van der Waals surface area contributed by atoms with Crippen LogP contribution < -0.4 is 5.73 Å². The number of nitrogens with two attached hydrogens (primary N) is 1. The molecule has 0 saturated carbocycles. The molecule has 1 aromatic heterocycles. The van der Waals surface area contributed by atoms with E-state index in [4.69, 9.17) is 29.6 Å². The third-order valence-corrected chi connectivity index (χ3v) is 3.91. The zero-order valence-electron chi connectivity index (χ0n) is 9.60. The number of nitrogens with zero attached hydrogens (tertiary/aromatic N) is 2. The Labute approximate surface area is 112 Å². The van der Waals surface area contributed by atoms with Crippen molar-refractivity contribution in [3.05, 3.63) is 29.0 Å². The summed E-state index contributed by atoms with van der Waals surface area (Å²) in [7, 11) is 0. The maximum atomic E-state index is 6.09. The lowest BCUT2D eigenvalue weighted by Gasteiger charge is -2.31. The summed E-state index contributed by atoms with van der Waals surface area (Å²) >= 11 is 11.1. The number of pyridine rings is 1. The minimum atomic E-state index is 0.411. The van der Waals surface area contributed by atoms with Gasteiger partial charge in [0.2, 0.25) is 0 Å². The number of halogens is 1. The van der Waals surface area contributed by atoms with Gasteiger partial charge < -0.3 is 5.73 Å². The third kappa shape index (κ3) is 3.37. The fourth-order valence-electron chi connectivity index (χ4n) is 2.15. The smallest absolute Gasteiger partial charge is 0.0759 e. The topological polar surface area (TPSA) is 42.1 Å². The van der Waals surface area contributed by atoms with Gasteiger partial charge >= 0.3 is 0 Å². The zero-order chi connectivity index (χ0) is 12.3. The molecule has 0 radical (unpaired) electrons. The van der Waals surface area contributed by atoms with E-state index in [-0.39, 0.29) is 0 Å². The van der Waals surface area contributed by atoms with Gasteiger partial charge in [0, 0.05) is 24.9 Å². The first-order chi connectivity index (χ1) is 8.16. The van der Waals surface area contributed by atoms with E-state index in [2.05, 4.69) is 9.88 Å². The van der Waals surface area contributed by atoms with Crippen LogP contribution in [0.1, 0.15) is 18.4 Å². The fourth-order valence-corrected chi connectivity index (χ4v) is 2.56. The molecule has 2 heterocycles. The van der Waals surface area contributed by atoms with E-state index in [1.807, 2.05) is 6.07 Å². The summed E-state index contributed by atoms with van der Waals surface area (Å²) in [6.07, 6.45) is 5.58. The maximum absolute atomic E-state index is 6.09. The van der Waals surface area contributed by atoms with Crippen molar-refractivity contribution in [3.8, 4) is 0 Å². The summed E-state index contributed by atoms with van der Waals surface area (Å²) in [6.45, 7) is 2.94. The monoisotopic (exact) mass is 269 g/mol. The summed E-state index contributed by atoms with van der Waals surface area (Å²) < 4.78 is 0. The number of hydrogen-bond acceptors (Lipinski definition) is 3. The minimum absolute atomic E-state index is 0.411. The first-order valence-corrected chi connectivity index (χ1v) is 6.55. The summed E-state index contributed by atoms with van der Waals surface area (Å²) in [4.78, 5) is 7.03. The van der Waals surface area contributed by atoms with Crippen LogP contribution in [-0.2, 0) is 6.54 Å². The zero-order valence-corrected chi connectivity index (χ0v) is 11.2. The van der Waals surface area contributed by atoms with E-state index >= 15 is 0 Å². The van der Waals surface area contributed by atoms with Gasteiger partial charge in [-0.25, -0.2) is 0 Å². The Kier molecular flexibility index (Phi) is 4.31. The highest BCUT2D eigenvalue weighted by atomic mass is 35.5. The first-order valence-electron chi connectivity index (χ1n) is 5.77. The van der Waals surface area contributed by atoms with Crippen molar-refractivity contribution in [1.82, 2.24) is 9.88 Å². The van der Waals surface area contributed by atoms with Crippen molar-refractivity contribution >= 4 is 28.8 Å². The predicted octanol–water partition coefficient (Wildman–Crippen LogP) is 2.23. The Balaban J connectivity index is 1.90. The van der Waals surface area contributed by atoms with Crippen LogP contribution in [0.15, 0.2) is 18.5 Å². The van der Waals surface area contributed by atoms with Gasteiger partial charge in [-0.3, -0.25) is 9.88 Å². The number of aromatic nitrogens is 1. The lowest BCUT2D eigenvalue weighted by Crippen LogP contribution is -2.37. The summed E-state index contributed by atoms with van der Waals surface area (Å²) in [5, 5.41) is 0.740. The molecule has 1 fully saturated rings. The second kappa shape index (κ2) is 5.76. The molecule has 0 bridgehead atoms. The highest BCUT2D eigenvalue weighted by Gasteiger charge is 2.21. The average molecular weight is 270 g/mol. The Morgan fingerprint density at radius 1 is 1.53 bits per heavy atom. The molecular weight excluding hydrogens is 254 g/mol. The van der Waals surface area contributed by atoms with Crippen molar-refractivity contribution in [2.75, 3.05) is 13.1 Å². The van der Waals surface area contributed by atoms with Crippen molar-refractivity contribution in [2.24, 2.45) is 11.7 Å². The van der Waals surface area contributed by atoms with Gasteiger partial charge in [-0.1, -0.05) is 23.8 Å². The molecule has 3 nitrogen and oxygen atoms in total. The van der Waals surface area contributed by atoms with Crippen molar-refractivity contribution in [1.29, 1.82) is 0 Å². The van der Waals surface area contributed by atoms with Crippen molar-refractivity contribution < 1.29 is 0 Å². The molecule has 2 rings (SSSR count). The van der Waals surface area contributed by atoms with Crippen molar-refractivity contribution in [3.63, 3.8) is 0 Å². The SMILES string of the molecule is NC(=S)C1CCN(Cc2ccncc2Cl)CC1. The van der Waals surface area contributed by atoms with E-state index in [9.17, 15) is 0 Å². The number of hydrogen-bond donors (Lipinski definition) is 1. The largest absolute Gasteiger partial charge is 0.393 e. The van der Waals surface area contributed by atoms with Crippen LogP contribution in [0.3, 0.4) is 0 Å². The second-order valence-electron chi connectivity index (χ2n) is 4.42. The van der Waals surface area contributed by atoms with Gasteiger partial charge in [0.15, 0.2) is 0 Å². The molecule has 0 unspecified atom stereocenters. The summed E-state index contributed by atoms with van der Waals surface area (Å²) in [6, 6.07) is 1.97. The molecular formula is C12H16ClN3S. The number of rotatable bonds is 3. The van der Waals surface area contributed by atoms with Crippen LogP contribution in [-0.4, -0.2) is 28.0 Å². The highest BCUT2D eigenvalue weighted by Crippen LogP contribution is 2.21. The van der Waals surface area contributed by atoms with E-state index < -0.39 is 0 Å². The van der Waals surface area contributed by atoms with Crippen LogP contribution in [0, 0.1) is 5.92 Å². The Bertz CT molecular complexity index is 402. The van der Waals surface area contributed by atoms with Gasteiger partial charge in [-0.15, -0.1) is 0 Å². The second-order valence-corrected chi connectivity index (χ2v) is 5.30. The normalized spacial score (nSPS) is 18.2. The number of likely N-dealkylation sites (tertiary alicyclic amines) is 1. The molecule has 92 valence electrons. The summed E-state index contributed by atoms with van der Waals surface area (Å²) in [5.41, 5.74) is 6.81. The molecule has 2 N–H and O–H groups in total. The molecule has 1 aromatic rings. The summed E-state index contributed by atoms with van der Waals surface area (Å²) in [5.74, 6) is 0.411. The van der Waals surface area contributed by atoms with E-state index in [1.54, 1.807) is 12.4 Å². The Hall–Kier alpha value is -0.710. The Morgan fingerprint density at radius 3 is 2.82 bits per heavy atom. The van der Waals surface area contributed by atoms with E-state index in [0.717, 1.165) is 43.1 Å². The van der Waals surface area contributed by atoms with Crippen LogP contribution in [0.2, 0.25) is 5.02 Å². The van der Waals surface area contributed by atoms with E-state index in [0.29, 0.717) is 10.9 Å². The van der Waals surface area contributed by atoms with E-state index in [1.165, 1.54) is 0 Å². The molecule has 0 amide bonds. The molecule has 1 aliphatic heterocycles. The molecule has 1 aliphatic rings. The number of piperidine rings is 1. The van der Waals surface area contributed by atoms with Gasteiger partial charge in [-0.05, 0) is 37.6 Å². The first kappa shape index (κ1) is 12.7. The third-order valence-electron chi connectivity index (χ3n) is 3.24. The standard InChI is InChI=1S/C12H16ClN3S/c13-11-7-15-4-1-10(11)8-16-5-2-9(3-6-16)12(14)17/h1,4,7,9H,2-3,5-6,8H2,(H2,14,17). The average Bonchev–Trinajstić information content (AvgIpc) is 2.33. The number of thiocarbonyl (C=S) groups is 1. The molecule has 0 atom stereocenters. The Morgan fingerprint density at radius 2 is 2.24 bits per heavy atom. The van der Waals surface area contributed by atoms with Crippen LogP contribution in [0.25, 0.3) is 0 Å². The molecule has 0 aromatic carbocycles. The fraction of sp³-hybridized carbons (Fsp3) is 0.500. The van der Waals surface area contributed by atoms with Crippen LogP contribution in [0.4, 0.5) is 0 Å².